The lowest BCUT2D eigenvalue weighted by molar-refractivity contribution is 0.333. The molecule has 0 aliphatic rings. The minimum Gasteiger partial charge on any atom is -0.492 e. The SMILES string of the molecule is CCOc1cc(N)c(OCC)cc1N.Cl. The Bertz CT molecular complexity index is 287. The number of nitrogens with two attached hydrogens (primary N) is 2. The van der Waals surface area contributed by atoms with E-state index in [1.807, 2.05) is 13.8 Å². The molecule has 0 aliphatic carbocycles. The van der Waals surface area contributed by atoms with Crippen LogP contribution in [0, 0.1) is 0 Å². The number of benzene rings is 1. The van der Waals surface area contributed by atoms with E-state index in [0.29, 0.717) is 36.1 Å². The summed E-state index contributed by atoms with van der Waals surface area (Å²) in [6.07, 6.45) is 0. The fraction of sp³-hybridized carbons (Fsp3) is 0.400. The molecule has 0 aliphatic heterocycles. The van der Waals surface area contributed by atoms with Crippen molar-refractivity contribution in [1.82, 2.24) is 0 Å². The van der Waals surface area contributed by atoms with Crippen molar-refractivity contribution < 1.29 is 9.47 Å². The third-order valence-corrected chi connectivity index (χ3v) is 1.74. The van der Waals surface area contributed by atoms with Crippen molar-refractivity contribution in [1.29, 1.82) is 0 Å². The van der Waals surface area contributed by atoms with Gasteiger partial charge in [-0.25, -0.2) is 0 Å². The largest absolute Gasteiger partial charge is 0.492 e. The highest BCUT2D eigenvalue weighted by Gasteiger charge is 2.06. The lowest BCUT2D eigenvalue weighted by atomic mass is 10.2. The molecule has 15 heavy (non-hydrogen) atoms. The minimum atomic E-state index is 0. The standard InChI is InChI=1S/C10H16N2O2.ClH/c1-3-13-9-5-8(12)10(14-4-2)6-7(9)11;/h5-6H,3-4,11-12H2,1-2H3;1H. The van der Waals surface area contributed by atoms with Gasteiger partial charge in [-0.15, -0.1) is 12.4 Å². The van der Waals surface area contributed by atoms with Gasteiger partial charge in [0.2, 0.25) is 0 Å². The highest BCUT2D eigenvalue weighted by molar-refractivity contribution is 5.85. The van der Waals surface area contributed by atoms with Gasteiger partial charge in [0, 0.05) is 12.1 Å². The quantitative estimate of drug-likeness (QED) is 0.780. The summed E-state index contributed by atoms with van der Waals surface area (Å²) in [5, 5.41) is 0. The van der Waals surface area contributed by atoms with E-state index < -0.39 is 0 Å². The van der Waals surface area contributed by atoms with Gasteiger partial charge in [-0.1, -0.05) is 0 Å². The number of nitrogen functional groups attached to an aromatic ring is 2. The molecule has 0 saturated heterocycles. The van der Waals surface area contributed by atoms with Crippen molar-refractivity contribution in [3.05, 3.63) is 12.1 Å². The van der Waals surface area contributed by atoms with Gasteiger partial charge in [-0.05, 0) is 13.8 Å². The van der Waals surface area contributed by atoms with E-state index in [0.717, 1.165) is 0 Å². The van der Waals surface area contributed by atoms with Crippen LogP contribution in [0.2, 0.25) is 0 Å². The van der Waals surface area contributed by atoms with Crippen LogP contribution in [0.1, 0.15) is 13.8 Å². The van der Waals surface area contributed by atoms with E-state index in [1.165, 1.54) is 0 Å². The van der Waals surface area contributed by atoms with E-state index in [9.17, 15) is 0 Å². The first kappa shape index (κ1) is 13.7. The zero-order valence-corrected chi connectivity index (χ0v) is 9.76. The second-order valence-electron chi connectivity index (χ2n) is 2.79. The van der Waals surface area contributed by atoms with Gasteiger partial charge < -0.3 is 20.9 Å². The normalized spacial score (nSPS) is 9.20. The number of hydrogen-bond acceptors (Lipinski definition) is 4. The van der Waals surface area contributed by atoms with Crippen molar-refractivity contribution >= 4 is 23.8 Å². The van der Waals surface area contributed by atoms with E-state index in [-0.39, 0.29) is 12.4 Å². The first-order valence-electron chi connectivity index (χ1n) is 4.63. The molecule has 1 rings (SSSR count). The molecule has 0 atom stereocenters. The zero-order valence-electron chi connectivity index (χ0n) is 8.95. The molecule has 1 aromatic carbocycles. The van der Waals surface area contributed by atoms with E-state index in [4.69, 9.17) is 20.9 Å². The summed E-state index contributed by atoms with van der Waals surface area (Å²) in [5.74, 6) is 1.21. The highest BCUT2D eigenvalue weighted by Crippen LogP contribution is 2.32. The lowest BCUT2D eigenvalue weighted by Gasteiger charge is -2.11. The first-order chi connectivity index (χ1) is 6.69. The minimum absolute atomic E-state index is 0. The fourth-order valence-corrected chi connectivity index (χ4v) is 1.15. The Morgan fingerprint density at radius 2 is 1.27 bits per heavy atom. The molecule has 0 spiro atoms. The smallest absolute Gasteiger partial charge is 0.144 e. The monoisotopic (exact) mass is 232 g/mol. The maximum Gasteiger partial charge on any atom is 0.144 e. The Morgan fingerprint density at radius 3 is 1.53 bits per heavy atom. The molecule has 0 aromatic heterocycles. The van der Waals surface area contributed by atoms with Crippen LogP contribution in [-0.4, -0.2) is 13.2 Å². The van der Waals surface area contributed by atoms with Crippen LogP contribution in [-0.2, 0) is 0 Å². The summed E-state index contributed by atoms with van der Waals surface area (Å²) >= 11 is 0. The Morgan fingerprint density at radius 1 is 0.933 bits per heavy atom. The molecule has 86 valence electrons. The van der Waals surface area contributed by atoms with Gasteiger partial charge in [0.25, 0.3) is 0 Å². The summed E-state index contributed by atoms with van der Waals surface area (Å²) in [6, 6.07) is 3.37. The summed E-state index contributed by atoms with van der Waals surface area (Å²) in [7, 11) is 0. The molecule has 0 saturated carbocycles. The molecule has 0 radical (unpaired) electrons. The fourth-order valence-electron chi connectivity index (χ4n) is 1.15. The Labute approximate surface area is 96.0 Å². The number of ether oxygens (including phenoxy) is 2. The van der Waals surface area contributed by atoms with Crippen LogP contribution < -0.4 is 20.9 Å². The number of rotatable bonds is 4. The number of halogens is 1. The van der Waals surface area contributed by atoms with Gasteiger partial charge >= 0.3 is 0 Å². The van der Waals surface area contributed by atoms with Crippen LogP contribution >= 0.6 is 12.4 Å². The summed E-state index contributed by atoms with van der Waals surface area (Å²) < 4.78 is 10.6. The second kappa shape index (κ2) is 6.24. The predicted molar refractivity (Wildman–Crippen MR) is 64.9 cm³/mol. The zero-order chi connectivity index (χ0) is 10.6. The first-order valence-corrected chi connectivity index (χ1v) is 4.63. The maximum absolute atomic E-state index is 5.75. The average Bonchev–Trinajstić information content (AvgIpc) is 2.14. The Kier molecular flexibility index (Phi) is 5.70. The topological polar surface area (TPSA) is 70.5 Å². The molecule has 0 amide bonds. The molecule has 0 heterocycles. The van der Waals surface area contributed by atoms with Crippen LogP contribution in [0.3, 0.4) is 0 Å². The highest BCUT2D eigenvalue weighted by atomic mass is 35.5. The van der Waals surface area contributed by atoms with Crippen LogP contribution in [0.25, 0.3) is 0 Å². The van der Waals surface area contributed by atoms with Crippen molar-refractivity contribution in [2.75, 3.05) is 24.7 Å². The van der Waals surface area contributed by atoms with Gasteiger partial charge in [0.15, 0.2) is 0 Å². The Hall–Kier alpha value is -1.29. The van der Waals surface area contributed by atoms with E-state index in [2.05, 4.69) is 0 Å². The van der Waals surface area contributed by atoms with Gasteiger partial charge in [-0.3, -0.25) is 0 Å². The predicted octanol–water partition coefficient (Wildman–Crippen LogP) is 2.07. The molecular weight excluding hydrogens is 216 g/mol. The molecular formula is C10H17ClN2O2. The lowest BCUT2D eigenvalue weighted by Crippen LogP contribution is -2.02. The van der Waals surface area contributed by atoms with Crippen LogP contribution in [0.15, 0.2) is 12.1 Å². The third-order valence-electron chi connectivity index (χ3n) is 1.74. The Balaban J connectivity index is 0.00000196. The summed E-state index contributed by atoms with van der Waals surface area (Å²) in [4.78, 5) is 0. The van der Waals surface area contributed by atoms with Gasteiger partial charge in [0.05, 0.1) is 24.6 Å². The van der Waals surface area contributed by atoms with E-state index in [1.54, 1.807) is 12.1 Å². The van der Waals surface area contributed by atoms with Crippen molar-refractivity contribution in [2.45, 2.75) is 13.8 Å². The van der Waals surface area contributed by atoms with Gasteiger partial charge in [0.1, 0.15) is 11.5 Å². The molecule has 1 aromatic rings. The third kappa shape index (κ3) is 3.40. The van der Waals surface area contributed by atoms with Gasteiger partial charge in [-0.2, -0.15) is 0 Å². The van der Waals surface area contributed by atoms with Crippen molar-refractivity contribution in [2.24, 2.45) is 0 Å². The van der Waals surface area contributed by atoms with Crippen LogP contribution in [0.4, 0.5) is 11.4 Å². The molecule has 0 unspecified atom stereocenters. The average molecular weight is 233 g/mol. The summed E-state index contributed by atoms with van der Waals surface area (Å²) in [6.45, 7) is 4.92. The second-order valence-corrected chi connectivity index (χ2v) is 2.79. The molecule has 4 N–H and O–H groups in total. The van der Waals surface area contributed by atoms with Crippen molar-refractivity contribution in [3.8, 4) is 11.5 Å². The van der Waals surface area contributed by atoms with Crippen molar-refractivity contribution in [3.63, 3.8) is 0 Å². The number of hydrogen-bond donors (Lipinski definition) is 2. The maximum atomic E-state index is 5.75. The molecule has 5 heteroatoms. The summed E-state index contributed by atoms with van der Waals surface area (Å²) in [5.41, 5.74) is 12.6. The molecule has 4 nitrogen and oxygen atoms in total. The van der Waals surface area contributed by atoms with Crippen LogP contribution in [0.5, 0.6) is 11.5 Å². The number of anilines is 2. The molecule has 0 fully saturated rings. The van der Waals surface area contributed by atoms with E-state index >= 15 is 0 Å². The molecule has 0 bridgehead atoms.